The maximum Gasteiger partial charge on any atom is 0.124 e. The van der Waals surface area contributed by atoms with Crippen LogP contribution in [0.2, 0.25) is 0 Å². The van der Waals surface area contributed by atoms with E-state index in [0.29, 0.717) is 6.61 Å². The molecule has 0 fully saturated rings. The molecule has 1 atom stereocenters. The molecule has 4 heteroatoms. The molecule has 0 saturated carbocycles. The quantitative estimate of drug-likeness (QED) is 0.845. The maximum absolute atomic E-state index is 9.51. The molecule has 2 N–H and O–H groups in total. The molecule has 1 aliphatic heterocycles. The van der Waals surface area contributed by atoms with E-state index < -0.39 is 0 Å². The molecule has 1 heterocycles. The first-order valence-corrected chi connectivity index (χ1v) is 7.04. The molecule has 1 aliphatic rings. The van der Waals surface area contributed by atoms with E-state index in [1.165, 1.54) is 0 Å². The SMILES string of the molecule is COc1ccc2c(c1)C(Nc1ccc(O)cc1C)CCO2. The number of hydrogen-bond donors (Lipinski definition) is 2. The van der Waals surface area contributed by atoms with Gasteiger partial charge in [-0.25, -0.2) is 0 Å². The molecule has 0 bridgehead atoms. The zero-order valence-corrected chi connectivity index (χ0v) is 12.2. The van der Waals surface area contributed by atoms with Crippen LogP contribution in [0.3, 0.4) is 0 Å². The van der Waals surface area contributed by atoms with Crippen LogP contribution in [0.15, 0.2) is 36.4 Å². The summed E-state index contributed by atoms with van der Waals surface area (Å²) in [4.78, 5) is 0. The highest BCUT2D eigenvalue weighted by Gasteiger charge is 2.22. The van der Waals surface area contributed by atoms with Crippen molar-refractivity contribution in [2.45, 2.75) is 19.4 Å². The number of anilines is 1. The summed E-state index contributed by atoms with van der Waals surface area (Å²) in [5, 5.41) is 13.0. The number of nitrogens with one attached hydrogen (secondary N) is 1. The summed E-state index contributed by atoms with van der Waals surface area (Å²) in [6, 6.07) is 11.4. The summed E-state index contributed by atoms with van der Waals surface area (Å²) in [6.07, 6.45) is 0.889. The lowest BCUT2D eigenvalue weighted by molar-refractivity contribution is 0.273. The molecule has 0 aliphatic carbocycles. The first kappa shape index (κ1) is 13.6. The van der Waals surface area contributed by atoms with Crippen LogP contribution in [0, 0.1) is 6.92 Å². The number of benzene rings is 2. The fraction of sp³-hybridized carbons (Fsp3) is 0.294. The molecule has 21 heavy (non-hydrogen) atoms. The Bertz CT molecular complexity index is 654. The molecule has 4 nitrogen and oxygen atoms in total. The van der Waals surface area contributed by atoms with Crippen molar-refractivity contribution in [1.82, 2.24) is 0 Å². The Morgan fingerprint density at radius 2 is 2.10 bits per heavy atom. The van der Waals surface area contributed by atoms with Gasteiger partial charge in [-0.05, 0) is 48.9 Å². The second-order valence-corrected chi connectivity index (χ2v) is 5.24. The lowest BCUT2D eigenvalue weighted by Gasteiger charge is -2.28. The number of aryl methyl sites for hydroxylation is 1. The molecular weight excluding hydrogens is 266 g/mol. The first-order chi connectivity index (χ1) is 10.2. The van der Waals surface area contributed by atoms with Crippen molar-refractivity contribution in [3.05, 3.63) is 47.5 Å². The molecule has 3 rings (SSSR count). The second kappa shape index (κ2) is 5.56. The Morgan fingerprint density at radius 3 is 2.86 bits per heavy atom. The van der Waals surface area contributed by atoms with Gasteiger partial charge in [-0.2, -0.15) is 0 Å². The molecule has 0 aromatic heterocycles. The summed E-state index contributed by atoms with van der Waals surface area (Å²) in [5.74, 6) is 2.01. The van der Waals surface area contributed by atoms with Crippen LogP contribution in [-0.4, -0.2) is 18.8 Å². The highest BCUT2D eigenvalue weighted by molar-refractivity contribution is 5.56. The number of methoxy groups -OCH3 is 1. The first-order valence-electron chi connectivity index (χ1n) is 7.04. The molecular formula is C17H19NO3. The van der Waals surface area contributed by atoms with Crippen LogP contribution in [0.4, 0.5) is 5.69 Å². The topological polar surface area (TPSA) is 50.7 Å². The predicted octanol–water partition coefficient (Wildman–Crippen LogP) is 3.64. The van der Waals surface area contributed by atoms with Crippen molar-refractivity contribution < 1.29 is 14.6 Å². The van der Waals surface area contributed by atoms with Gasteiger partial charge in [0.15, 0.2) is 0 Å². The predicted molar refractivity (Wildman–Crippen MR) is 82.3 cm³/mol. The van der Waals surface area contributed by atoms with Crippen LogP contribution >= 0.6 is 0 Å². The van der Waals surface area contributed by atoms with Crippen molar-refractivity contribution >= 4 is 5.69 Å². The van der Waals surface area contributed by atoms with Crippen molar-refractivity contribution in [1.29, 1.82) is 0 Å². The summed E-state index contributed by atoms with van der Waals surface area (Å²) in [6.45, 7) is 2.67. The zero-order chi connectivity index (χ0) is 14.8. The Labute approximate surface area is 124 Å². The van der Waals surface area contributed by atoms with E-state index in [4.69, 9.17) is 9.47 Å². The highest BCUT2D eigenvalue weighted by Crippen LogP contribution is 2.37. The molecule has 2 aromatic carbocycles. The Hall–Kier alpha value is -2.36. The van der Waals surface area contributed by atoms with Gasteiger partial charge in [-0.15, -0.1) is 0 Å². The molecule has 1 unspecified atom stereocenters. The summed E-state index contributed by atoms with van der Waals surface area (Å²) in [7, 11) is 1.66. The van der Waals surface area contributed by atoms with Gasteiger partial charge in [0.25, 0.3) is 0 Å². The van der Waals surface area contributed by atoms with E-state index in [9.17, 15) is 5.11 Å². The van der Waals surface area contributed by atoms with Gasteiger partial charge < -0.3 is 19.9 Å². The van der Waals surface area contributed by atoms with Gasteiger partial charge >= 0.3 is 0 Å². The zero-order valence-electron chi connectivity index (χ0n) is 12.2. The molecule has 0 radical (unpaired) electrons. The van der Waals surface area contributed by atoms with E-state index in [2.05, 4.69) is 5.32 Å². The summed E-state index contributed by atoms with van der Waals surface area (Å²) in [5.41, 5.74) is 3.15. The largest absolute Gasteiger partial charge is 0.508 e. The summed E-state index contributed by atoms with van der Waals surface area (Å²) < 4.78 is 11.0. The van der Waals surface area contributed by atoms with E-state index in [1.807, 2.05) is 31.2 Å². The highest BCUT2D eigenvalue weighted by atomic mass is 16.5. The molecule has 0 saturated heterocycles. The molecule has 0 spiro atoms. The van der Waals surface area contributed by atoms with Gasteiger partial charge in [-0.3, -0.25) is 0 Å². The van der Waals surface area contributed by atoms with Gasteiger partial charge in [-0.1, -0.05) is 0 Å². The van der Waals surface area contributed by atoms with Crippen LogP contribution in [0.1, 0.15) is 23.6 Å². The number of fused-ring (bicyclic) bond motifs is 1. The number of ether oxygens (including phenoxy) is 2. The Kier molecular flexibility index (Phi) is 3.60. The maximum atomic E-state index is 9.51. The van der Waals surface area contributed by atoms with Gasteiger partial charge in [0, 0.05) is 17.7 Å². The van der Waals surface area contributed by atoms with Crippen LogP contribution in [-0.2, 0) is 0 Å². The fourth-order valence-corrected chi connectivity index (χ4v) is 2.65. The monoisotopic (exact) mass is 285 g/mol. The number of phenols is 1. The average molecular weight is 285 g/mol. The van der Waals surface area contributed by atoms with E-state index >= 15 is 0 Å². The minimum absolute atomic E-state index is 0.173. The number of aromatic hydroxyl groups is 1. The smallest absolute Gasteiger partial charge is 0.124 e. The lowest BCUT2D eigenvalue weighted by Crippen LogP contribution is -2.20. The minimum Gasteiger partial charge on any atom is -0.508 e. The lowest BCUT2D eigenvalue weighted by atomic mass is 9.99. The molecule has 0 amide bonds. The number of rotatable bonds is 3. The van der Waals surface area contributed by atoms with E-state index in [0.717, 1.165) is 34.7 Å². The third kappa shape index (κ3) is 2.75. The van der Waals surface area contributed by atoms with E-state index in [1.54, 1.807) is 19.2 Å². The molecule has 2 aromatic rings. The van der Waals surface area contributed by atoms with Crippen LogP contribution in [0.25, 0.3) is 0 Å². The number of phenolic OH excluding ortho intramolecular Hbond substituents is 1. The third-order valence-electron chi connectivity index (χ3n) is 3.80. The van der Waals surface area contributed by atoms with Crippen molar-refractivity contribution in [2.75, 3.05) is 19.0 Å². The van der Waals surface area contributed by atoms with E-state index in [-0.39, 0.29) is 11.8 Å². The van der Waals surface area contributed by atoms with Gasteiger partial charge in [0.2, 0.25) is 0 Å². The Balaban J connectivity index is 1.90. The van der Waals surface area contributed by atoms with Crippen molar-refractivity contribution in [3.8, 4) is 17.2 Å². The van der Waals surface area contributed by atoms with Crippen LogP contribution in [0.5, 0.6) is 17.2 Å². The second-order valence-electron chi connectivity index (χ2n) is 5.24. The molecule has 110 valence electrons. The average Bonchev–Trinajstić information content (AvgIpc) is 2.50. The Morgan fingerprint density at radius 1 is 1.24 bits per heavy atom. The summed E-state index contributed by atoms with van der Waals surface area (Å²) >= 11 is 0. The standard InChI is InChI=1S/C17H19NO3/c1-11-9-12(19)3-5-15(11)18-16-7-8-21-17-6-4-13(20-2)10-14(16)17/h3-6,9-10,16,18-19H,7-8H2,1-2H3. The third-order valence-corrected chi connectivity index (χ3v) is 3.80. The number of hydrogen-bond acceptors (Lipinski definition) is 4. The van der Waals surface area contributed by atoms with Crippen molar-refractivity contribution in [3.63, 3.8) is 0 Å². The fourth-order valence-electron chi connectivity index (χ4n) is 2.65. The minimum atomic E-state index is 0.173. The normalized spacial score (nSPS) is 16.8. The van der Waals surface area contributed by atoms with Gasteiger partial charge in [0.1, 0.15) is 17.2 Å². The van der Waals surface area contributed by atoms with Crippen LogP contribution < -0.4 is 14.8 Å². The van der Waals surface area contributed by atoms with Gasteiger partial charge in [0.05, 0.1) is 19.8 Å². The van der Waals surface area contributed by atoms with Crippen molar-refractivity contribution in [2.24, 2.45) is 0 Å².